The lowest BCUT2D eigenvalue weighted by Crippen LogP contribution is -2.06. The third-order valence-electron chi connectivity index (χ3n) is 4.77. The minimum Gasteiger partial charge on any atom is -0.342 e. The van der Waals surface area contributed by atoms with Crippen molar-refractivity contribution in [1.29, 1.82) is 0 Å². The molecule has 0 aliphatic carbocycles. The van der Waals surface area contributed by atoms with Gasteiger partial charge in [0.1, 0.15) is 0 Å². The number of nitrogens with zero attached hydrogens (tertiary/aromatic N) is 2. The van der Waals surface area contributed by atoms with Crippen LogP contribution in [-0.4, -0.2) is 10.8 Å². The second-order valence-corrected chi connectivity index (χ2v) is 8.40. The zero-order chi connectivity index (χ0) is 21.1. The largest absolute Gasteiger partial charge is 0.342 e. The number of fused-ring (bicyclic) bond motifs is 1. The topological polar surface area (TPSA) is 29.3 Å². The summed E-state index contributed by atoms with van der Waals surface area (Å²) in [5, 5.41) is 7.81. The zero-order valence-electron chi connectivity index (χ0n) is 15.7. The van der Waals surface area contributed by atoms with Crippen molar-refractivity contribution in [3.05, 3.63) is 104 Å². The van der Waals surface area contributed by atoms with Crippen LogP contribution in [0.3, 0.4) is 0 Å². The fourth-order valence-corrected chi connectivity index (χ4v) is 4.14. The molecule has 0 aliphatic rings. The van der Waals surface area contributed by atoms with E-state index in [1.54, 1.807) is 6.21 Å². The molecule has 1 N–H and O–H groups in total. The highest BCUT2D eigenvalue weighted by Crippen LogP contribution is 2.26. The van der Waals surface area contributed by atoms with E-state index in [1.807, 2.05) is 48.5 Å². The molecule has 0 unspecified atom stereocenters. The Morgan fingerprint density at radius 3 is 2.37 bits per heavy atom. The van der Waals surface area contributed by atoms with Crippen LogP contribution in [0.2, 0.25) is 20.1 Å². The molecule has 0 bridgehead atoms. The molecule has 1 heterocycles. The molecule has 4 rings (SSSR count). The van der Waals surface area contributed by atoms with Gasteiger partial charge in [0.05, 0.1) is 22.8 Å². The molecule has 3 nitrogen and oxygen atoms in total. The maximum Gasteiger partial charge on any atom is 0.0609 e. The second-order valence-electron chi connectivity index (χ2n) is 6.77. The Labute approximate surface area is 194 Å². The van der Waals surface area contributed by atoms with E-state index in [0.717, 1.165) is 27.6 Å². The van der Waals surface area contributed by atoms with Crippen molar-refractivity contribution >= 4 is 63.5 Å². The van der Waals surface area contributed by atoms with Gasteiger partial charge in [-0.1, -0.05) is 76.7 Å². The maximum atomic E-state index is 6.21. The van der Waals surface area contributed by atoms with Gasteiger partial charge in [0.25, 0.3) is 0 Å². The first kappa shape index (κ1) is 21.1. The first-order valence-electron chi connectivity index (χ1n) is 9.23. The predicted molar refractivity (Wildman–Crippen MR) is 128 cm³/mol. The van der Waals surface area contributed by atoms with Gasteiger partial charge in [-0.3, -0.25) is 0 Å². The predicted octanol–water partition coefficient (Wildman–Crippen LogP) is 7.43. The van der Waals surface area contributed by atoms with E-state index in [4.69, 9.17) is 46.4 Å². The number of para-hydroxylation sites is 1. The Morgan fingerprint density at radius 2 is 1.60 bits per heavy atom. The van der Waals surface area contributed by atoms with Crippen LogP contribution in [-0.2, 0) is 13.1 Å². The number of hydrogen-bond donors (Lipinski definition) is 1. The van der Waals surface area contributed by atoms with Gasteiger partial charge in [-0.25, -0.2) is 0 Å². The number of aromatic nitrogens is 1. The number of hydrogen-bond acceptors (Lipinski definition) is 2. The molecule has 0 amide bonds. The lowest BCUT2D eigenvalue weighted by Gasteiger charge is -2.06. The van der Waals surface area contributed by atoms with Gasteiger partial charge in [-0.2, -0.15) is 5.10 Å². The third kappa shape index (κ3) is 4.60. The molecular formula is C23H17Cl4N3. The van der Waals surface area contributed by atoms with E-state index >= 15 is 0 Å². The molecule has 4 aromatic rings. The standard InChI is InChI=1S/C23H17Cl4N3/c24-19-5-3-6-20(25)18(19)12-29-28-11-16-14-30(23-7-2-1-4-17(16)23)13-15-8-9-21(26)22(27)10-15/h1-11,14,29H,12-13H2/b28-11-. The van der Waals surface area contributed by atoms with Gasteiger partial charge >= 0.3 is 0 Å². The second kappa shape index (κ2) is 9.32. The summed E-state index contributed by atoms with van der Waals surface area (Å²) in [5.41, 5.74) is 7.03. The fraction of sp³-hybridized carbons (Fsp3) is 0.0870. The van der Waals surface area contributed by atoms with Gasteiger partial charge < -0.3 is 9.99 Å². The van der Waals surface area contributed by atoms with Crippen LogP contribution in [0.15, 0.2) is 72.0 Å². The minimum atomic E-state index is 0.441. The molecule has 0 saturated carbocycles. The van der Waals surface area contributed by atoms with Crippen molar-refractivity contribution < 1.29 is 0 Å². The molecule has 0 saturated heterocycles. The van der Waals surface area contributed by atoms with Crippen LogP contribution in [0.1, 0.15) is 16.7 Å². The van der Waals surface area contributed by atoms with Crippen molar-refractivity contribution in [2.75, 3.05) is 0 Å². The number of hydrazone groups is 1. The Kier molecular flexibility index (Phi) is 6.55. The van der Waals surface area contributed by atoms with Crippen molar-refractivity contribution in [2.24, 2.45) is 5.10 Å². The monoisotopic (exact) mass is 475 g/mol. The van der Waals surface area contributed by atoms with Gasteiger partial charge in [0.15, 0.2) is 0 Å². The molecule has 0 radical (unpaired) electrons. The third-order valence-corrected chi connectivity index (χ3v) is 6.22. The fourth-order valence-electron chi connectivity index (χ4n) is 3.28. The van der Waals surface area contributed by atoms with Gasteiger partial charge in [-0.05, 0) is 35.9 Å². The molecule has 0 aliphatic heterocycles. The van der Waals surface area contributed by atoms with Crippen LogP contribution in [0.4, 0.5) is 0 Å². The first-order valence-corrected chi connectivity index (χ1v) is 10.7. The zero-order valence-corrected chi connectivity index (χ0v) is 18.8. The quantitative estimate of drug-likeness (QED) is 0.227. The summed E-state index contributed by atoms with van der Waals surface area (Å²) in [6.45, 7) is 1.12. The van der Waals surface area contributed by atoms with Crippen LogP contribution in [0, 0.1) is 0 Å². The minimum absolute atomic E-state index is 0.441. The van der Waals surface area contributed by atoms with Crippen molar-refractivity contribution in [3.8, 4) is 0 Å². The summed E-state index contributed by atoms with van der Waals surface area (Å²) >= 11 is 24.6. The molecule has 0 spiro atoms. The Bertz CT molecular complexity index is 1210. The lowest BCUT2D eigenvalue weighted by molar-refractivity contribution is 0.748. The van der Waals surface area contributed by atoms with Crippen molar-refractivity contribution in [2.45, 2.75) is 13.1 Å². The van der Waals surface area contributed by atoms with Gasteiger partial charge in [-0.15, -0.1) is 0 Å². The van der Waals surface area contributed by atoms with Crippen molar-refractivity contribution in [3.63, 3.8) is 0 Å². The molecule has 30 heavy (non-hydrogen) atoms. The summed E-state index contributed by atoms with van der Waals surface area (Å²) in [6.07, 6.45) is 3.87. The van der Waals surface area contributed by atoms with Crippen LogP contribution >= 0.6 is 46.4 Å². The molecule has 0 atom stereocenters. The number of benzene rings is 3. The summed E-state index contributed by atoms with van der Waals surface area (Å²) in [5.74, 6) is 0. The van der Waals surface area contributed by atoms with Crippen LogP contribution in [0.5, 0.6) is 0 Å². The summed E-state index contributed by atoms with van der Waals surface area (Å²) in [7, 11) is 0. The Morgan fingerprint density at radius 1 is 0.833 bits per heavy atom. The average molecular weight is 477 g/mol. The summed E-state index contributed by atoms with van der Waals surface area (Å²) in [4.78, 5) is 0. The van der Waals surface area contributed by atoms with E-state index in [2.05, 4.69) is 33.4 Å². The Hall–Kier alpha value is -2.17. The van der Waals surface area contributed by atoms with E-state index in [1.165, 1.54) is 0 Å². The van der Waals surface area contributed by atoms with E-state index in [9.17, 15) is 0 Å². The van der Waals surface area contributed by atoms with Gasteiger partial charge in [0.2, 0.25) is 0 Å². The highest BCUT2D eigenvalue weighted by atomic mass is 35.5. The number of halogens is 4. The Balaban J connectivity index is 1.56. The smallest absolute Gasteiger partial charge is 0.0609 e. The molecular weight excluding hydrogens is 460 g/mol. The number of nitrogens with one attached hydrogen (secondary N) is 1. The number of rotatable bonds is 6. The van der Waals surface area contributed by atoms with E-state index < -0.39 is 0 Å². The normalized spacial score (nSPS) is 11.5. The van der Waals surface area contributed by atoms with E-state index in [0.29, 0.717) is 33.2 Å². The first-order chi connectivity index (χ1) is 14.5. The summed E-state index contributed by atoms with van der Waals surface area (Å²) in [6, 6.07) is 19.3. The summed E-state index contributed by atoms with van der Waals surface area (Å²) < 4.78 is 2.17. The molecule has 1 aromatic heterocycles. The average Bonchev–Trinajstić information content (AvgIpc) is 3.07. The van der Waals surface area contributed by atoms with Crippen LogP contribution in [0.25, 0.3) is 10.9 Å². The molecule has 7 heteroatoms. The van der Waals surface area contributed by atoms with Crippen LogP contribution < -0.4 is 5.43 Å². The van der Waals surface area contributed by atoms with Gasteiger partial charge in [0, 0.05) is 44.8 Å². The van der Waals surface area contributed by atoms with E-state index in [-0.39, 0.29) is 0 Å². The SMILES string of the molecule is Clc1ccc(Cn2cc(/C=N\NCc3c(Cl)cccc3Cl)c3ccccc32)cc1Cl. The highest BCUT2D eigenvalue weighted by Gasteiger charge is 2.09. The lowest BCUT2D eigenvalue weighted by atomic mass is 10.2. The maximum absolute atomic E-state index is 6.21. The molecule has 3 aromatic carbocycles. The highest BCUT2D eigenvalue weighted by molar-refractivity contribution is 6.42. The molecule has 0 fully saturated rings. The molecule has 152 valence electrons. The van der Waals surface area contributed by atoms with Crippen molar-refractivity contribution in [1.82, 2.24) is 9.99 Å².